The SMILES string of the molecule is O=C(NCCc1cnn(-c2ccccc2)c1)c1ccn(-c2ccc([N+](=O)[O-])cc2)n1. The van der Waals surface area contributed by atoms with E-state index < -0.39 is 4.92 Å². The van der Waals surface area contributed by atoms with E-state index in [9.17, 15) is 14.9 Å². The van der Waals surface area contributed by atoms with Crippen LogP contribution in [0.3, 0.4) is 0 Å². The number of carbonyl (C=O) groups is 1. The highest BCUT2D eigenvalue weighted by atomic mass is 16.6. The van der Waals surface area contributed by atoms with Crippen LogP contribution in [0.4, 0.5) is 5.69 Å². The minimum atomic E-state index is -0.463. The summed E-state index contributed by atoms with van der Waals surface area (Å²) in [6.45, 7) is 0.448. The zero-order valence-corrected chi connectivity index (χ0v) is 15.9. The minimum Gasteiger partial charge on any atom is -0.350 e. The molecule has 2 heterocycles. The second kappa shape index (κ2) is 8.39. The van der Waals surface area contributed by atoms with Crippen LogP contribution in [0.1, 0.15) is 16.1 Å². The second-order valence-electron chi connectivity index (χ2n) is 6.55. The fraction of sp³-hybridized carbons (Fsp3) is 0.0952. The minimum absolute atomic E-state index is 0.000501. The van der Waals surface area contributed by atoms with Crippen LogP contribution in [0.25, 0.3) is 11.4 Å². The van der Waals surface area contributed by atoms with Crippen LogP contribution in [-0.4, -0.2) is 36.9 Å². The molecule has 2 aromatic heterocycles. The van der Waals surface area contributed by atoms with Gasteiger partial charge in [-0.25, -0.2) is 9.36 Å². The third-order valence-corrected chi connectivity index (χ3v) is 4.50. The van der Waals surface area contributed by atoms with Crippen LogP contribution < -0.4 is 5.32 Å². The van der Waals surface area contributed by atoms with Crippen molar-refractivity contribution in [3.05, 3.63) is 101 Å². The van der Waals surface area contributed by atoms with Gasteiger partial charge in [0.2, 0.25) is 0 Å². The topological polar surface area (TPSA) is 108 Å². The quantitative estimate of drug-likeness (QED) is 0.378. The Balaban J connectivity index is 1.33. The Morgan fingerprint density at radius 3 is 2.47 bits per heavy atom. The Morgan fingerprint density at radius 2 is 1.73 bits per heavy atom. The molecule has 4 rings (SSSR count). The molecule has 2 aromatic carbocycles. The molecule has 0 radical (unpaired) electrons. The van der Waals surface area contributed by atoms with E-state index in [0.29, 0.717) is 18.7 Å². The maximum atomic E-state index is 12.4. The molecule has 0 aliphatic heterocycles. The van der Waals surface area contributed by atoms with E-state index in [1.165, 1.54) is 16.8 Å². The summed E-state index contributed by atoms with van der Waals surface area (Å²) in [4.78, 5) is 22.6. The number of benzene rings is 2. The normalized spacial score (nSPS) is 10.7. The summed E-state index contributed by atoms with van der Waals surface area (Å²) in [5, 5.41) is 22.2. The number of nitrogens with zero attached hydrogens (tertiary/aromatic N) is 5. The molecule has 30 heavy (non-hydrogen) atoms. The highest BCUT2D eigenvalue weighted by Crippen LogP contribution is 2.15. The van der Waals surface area contributed by atoms with Gasteiger partial charge in [0.1, 0.15) is 0 Å². The zero-order chi connectivity index (χ0) is 20.9. The summed E-state index contributed by atoms with van der Waals surface area (Å²) in [6, 6.07) is 17.4. The molecule has 0 bridgehead atoms. The lowest BCUT2D eigenvalue weighted by Gasteiger charge is -2.03. The van der Waals surface area contributed by atoms with Crippen LogP contribution >= 0.6 is 0 Å². The maximum absolute atomic E-state index is 12.4. The van der Waals surface area contributed by atoms with Crippen LogP contribution in [0, 0.1) is 10.1 Å². The molecular formula is C21H18N6O3. The number of carbonyl (C=O) groups excluding carboxylic acids is 1. The molecule has 0 spiro atoms. The van der Waals surface area contributed by atoms with Crippen LogP contribution in [-0.2, 0) is 6.42 Å². The molecule has 0 unspecified atom stereocenters. The summed E-state index contributed by atoms with van der Waals surface area (Å²) in [5.41, 5.74) is 2.89. The molecule has 0 saturated heterocycles. The number of nitrogens with one attached hydrogen (secondary N) is 1. The molecule has 9 heteroatoms. The first-order chi connectivity index (χ1) is 14.6. The molecule has 1 N–H and O–H groups in total. The fourth-order valence-electron chi connectivity index (χ4n) is 2.94. The van der Waals surface area contributed by atoms with Gasteiger partial charge in [-0.05, 0) is 42.3 Å². The Labute approximate surface area is 171 Å². The van der Waals surface area contributed by atoms with Crippen molar-refractivity contribution < 1.29 is 9.72 Å². The molecular weight excluding hydrogens is 384 g/mol. The van der Waals surface area contributed by atoms with Crippen molar-refractivity contribution in [2.24, 2.45) is 0 Å². The summed E-state index contributed by atoms with van der Waals surface area (Å²) < 4.78 is 3.30. The number of rotatable bonds is 7. The van der Waals surface area contributed by atoms with Gasteiger partial charge in [0.15, 0.2) is 5.69 Å². The van der Waals surface area contributed by atoms with Crippen molar-refractivity contribution in [2.75, 3.05) is 6.54 Å². The fourth-order valence-corrected chi connectivity index (χ4v) is 2.94. The first-order valence-corrected chi connectivity index (χ1v) is 9.28. The molecule has 150 valence electrons. The first kappa shape index (κ1) is 19.1. The lowest BCUT2D eigenvalue weighted by atomic mass is 10.2. The number of nitro groups is 1. The summed E-state index contributed by atoms with van der Waals surface area (Å²) >= 11 is 0. The Bertz CT molecular complexity index is 1160. The van der Waals surface area contributed by atoms with E-state index >= 15 is 0 Å². The highest BCUT2D eigenvalue weighted by molar-refractivity contribution is 5.92. The largest absolute Gasteiger partial charge is 0.350 e. The van der Waals surface area contributed by atoms with E-state index in [1.807, 2.05) is 36.5 Å². The van der Waals surface area contributed by atoms with Crippen molar-refractivity contribution in [3.63, 3.8) is 0 Å². The molecule has 0 atom stereocenters. The van der Waals surface area contributed by atoms with Crippen LogP contribution in [0.5, 0.6) is 0 Å². The number of para-hydroxylation sites is 1. The molecule has 4 aromatic rings. The van der Waals surface area contributed by atoms with E-state index in [1.54, 1.807) is 35.3 Å². The summed E-state index contributed by atoms with van der Waals surface area (Å²) in [6.07, 6.45) is 5.99. The molecule has 1 amide bonds. The molecule has 0 fully saturated rings. The number of amides is 1. The Hall–Kier alpha value is -4.27. The number of hydrogen-bond acceptors (Lipinski definition) is 5. The van der Waals surface area contributed by atoms with Crippen molar-refractivity contribution in [2.45, 2.75) is 6.42 Å². The summed E-state index contributed by atoms with van der Waals surface area (Å²) in [7, 11) is 0. The lowest BCUT2D eigenvalue weighted by Crippen LogP contribution is -2.26. The van der Waals surface area contributed by atoms with Gasteiger partial charge in [0.05, 0.1) is 22.5 Å². The Morgan fingerprint density at radius 1 is 1.00 bits per heavy atom. The zero-order valence-electron chi connectivity index (χ0n) is 15.9. The van der Waals surface area contributed by atoms with Crippen molar-refractivity contribution in [3.8, 4) is 11.4 Å². The van der Waals surface area contributed by atoms with Crippen LogP contribution in [0.2, 0.25) is 0 Å². The van der Waals surface area contributed by atoms with E-state index in [4.69, 9.17) is 0 Å². The van der Waals surface area contributed by atoms with Crippen molar-refractivity contribution in [1.82, 2.24) is 24.9 Å². The van der Waals surface area contributed by atoms with Gasteiger partial charge in [-0.1, -0.05) is 18.2 Å². The first-order valence-electron chi connectivity index (χ1n) is 9.28. The average Bonchev–Trinajstić information content (AvgIpc) is 3.45. The number of nitro benzene ring substituents is 1. The van der Waals surface area contributed by atoms with Gasteiger partial charge in [-0.15, -0.1) is 0 Å². The Kier molecular flexibility index (Phi) is 5.33. The highest BCUT2D eigenvalue weighted by Gasteiger charge is 2.11. The predicted molar refractivity (Wildman–Crippen MR) is 110 cm³/mol. The smallest absolute Gasteiger partial charge is 0.271 e. The molecule has 0 saturated carbocycles. The number of aromatic nitrogens is 4. The number of non-ortho nitro benzene ring substituents is 1. The summed E-state index contributed by atoms with van der Waals surface area (Å²) in [5.74, 6) is -0.286. The van der Waals surface area contributed by atoms with Gasteiger partial charge in [-0.3, -0.25) is 14.9 Å². The van der Waals surface area contributed by atoms with Gasteiger partial charge in [0, 0.05) is 31.1 Å². The van der Waals surface area contributed by atoms with Gasteiger partial charge in [-0.2, -0.15) is 10.2 Å². The van der Waals surface area contributed by atoms with E-state index in [-0.39, 0.29) is 17.3 Å². The maximum Gasteiger partial charge on any atom is 0.271 e. The molecule has 9 nitrogen and oxygen atoms in total. The van der Waals surface area contributed by atoms with E-state index in [2.05, 4.69) is 15.5 Å². The van der Waals surface area contributed by atoms with Gasteiger partial charge in [0.25, 0.3) is 11.6 Å². The monoisotopic (exact) mass is 402 g/mol. The third-order valence-electron chi connectivity index (χ3n) is 4.50. The van der Waals surface area contributed by atoms with Crippen molar-refractivity contribution in [1.29, 1.82) is 0 Å². The standard InChI is InChI=1S/C21H18N6O3/c28-21(20-11-13-25(24-20)18-6-8-19(9-7-18)27(29)30)22-12-10-16-14-23-26(15-16)17-4-2-1-3-5-17/h1-9,11,13-15H,10,12H2,(H,22,28). The van der Waals surface area contributed by atoms with Gasteiger partial charge < -0.3 is 5.32 Å². The lowest BCUT2D eigenvalue weighted by molar-refractivity contribution is -0.384. The average molecular weight is 402 g/mol. The van der Waals surface area contributed by atoms with Crippen molar-refractivity contribution >= 4 is 11.6 Å². The molecule has 0 aliphatic rings. The second-order valence-corrected chi connectivity index (χ2v) is 6.55. The van der Waals surface area contributed by atoms with Gasteiger partial charge >= 0.3 is 0 Å². The number of hydrogen-bond donors (Lipinski definition) is 1. The third kappa shape index (κ3) is 4.25. The predicted octanol–water partition coefficient (Wildman–Crippen LogP) is 2.94. The van der Waals surface area contributed by atoms with Crippen LogP contribution in [0.15, 0.2) is 79.3 Å². The molecule has 0 aliphatic carbocycles. The van der Waals surface area contributed by atoms with E-state index in [0.717, 1.165) is 11.3 Å².